The number of aryl methyl sites for hydroxylation is 1. The summed E-state index contributed by atoms with van der Waals surface area (Å²) < 4.78 is 5.58. The minimum absolute atomic E-state index is 0.0269. The first-order valence-corrected chi connectivity index (χ1v) is 10.1. The van der Waals surface area contributed by atoms with E-state index < -0.39 is 0 Å². The molecule has 1 N–H and O–H groups in total. The zero-order chi connectivity index (χ0) is 21.2. The highest BCUT2D eigenvalue weighted by Gasteiger charge is 2.09. The number of rotatable bonds is 11. The minimum atomic E-state index is -0.155. The first-order chi connectivity index (χ1) is 13.8. The van der Waals surface area contributed by atoms with Crippen LogP contribution < -0.4 is 10.1 Å². The summed E-state index contributed by atoms with van der Waals surface area (Å²) in [5, 5.41) is 2.94. The Morgan fingerprint density at radius 3 is 2.31 bits per heavy atom. The number of ketones is 1. The number of Topliss-reactive ketones (excluding diaryl/α,β-unsaturated/α-hetero) is 1. The molecule has 0 radical (unpaired) electrons. The lowest BCUT2D eigenvalue weighted by atomic mass is 10.1. The van der Waals surface area contributed by atoms with Gasteiger partial charge in [-0.15, -0.1) is 0 Å². The fourth-order valence-electron chi connectivity index (χ4n) is 2.80. The molecule has 29 heavy (non-hydrogen) atoms. The third-order valence-electron chi connectivity index (χ3n) is 4.95. The lowest BCUT2D eigenvalue weighted by molar-refractivity contribution is -0.123. The zero-order valence-corrected chi connectivity index (χ0v) is 17.9. The van der Waals surface area contributed by atoms with Crippen LogP contribution in [0.4, 0.5) is 0 Å². The molecule has 0 spiro atoms. The van der Waals surface area contributed by atoms with Gasteiger partial charge in [-0.05, 0) is 63.1 Å². The van der Waals surface area contributed by atoms with Crippen molar-refractivity contribution in [2.45, 2.75) is 52.7 Å². The molecular weight excluding hydrogens is 364 g/mol. The molecule has 0 heterocycles. The van der Waals surface area contributed by atoms with Gasteiger partial charge in [-0.25, -0.2) is 0 Å². The average molecular weight is 397 g/mol. The van der Waals surface area contributed by atoms with Gasteiger partial charge in [0.05, 0.1) is 0 Å². The van der Waals surface area contributed by atoms with Crippen LogP contribution in [-0.4, -0.2) is 36.3 Å². The van der Waals surface area contributed by atoms with Crippen LogP contribution in [0.25, 0.3) is 0 Å². The van der Waals surface area contributed by atoms with Gasteiger partial charge < -0.3 is 14.8 Å². The van der Waals surface area contributed by atoms with Crippen LogP contribution in [0, 0.1) is 0 Å². The minimum Gasteiger partial charge on any atom is -0.484 e. The van der Waals surface area contributed by atoms with Gasteiger partial charge in [-0.2, -0.15) is 0 Å². The van der Waals surface area contributed by atoms with E-state index in [0.29, 0.717) is 24.8 Å². The Morgan fingerprint density at radius 1 is 1.03 bits per heavy atom. The summed E-state index contributed by atoms with van der Waals surface area (Å²) >= 11 is 0. The Morgan fingerprint density at radius 2 is 1.69 bits per heavy atom. The SMILES string of the molecule is CC(=O)CCc1ccc(OCC(=O)NCc2ccccc2CN(C)C(C)C)cc1. The monoisotopic (exact) mass is 396 g/mol. The number of carbonyl (C=O) groups is 2. The van der Waals surface area contributed by atoms with Crippen molar-refractivity contribution in [3.05, 3.63) is 65.2 Å². The van der Waals surface area contributed by atoms with E-state index >= 15 is 0 Å². The van der Waals surface area contributed by atoms with Crippen molar-refractivity contribution in [1.29, 1.82) is 0 Å². The molecule has 5 nitrogen and oxygen atoms in total. The van der Waals surface area contributed by atoms with Crippen LogP contribution in [0.1, 0.15) is 43.9 Å². The van der Waals surface area contributed by atoms with Crippen LogP contribution in [-0.2, 0) is 29.1 Å². The molecule has 0 atom stereocenters. The van der Waals surface area contributed by atoms with Crippen molar-refractivity contribution in [1.82, 2.24) is 10.2 Å². The zero-order valence-electron chi connectivity index (χ0n) is 17.9. The predicted octanol–water partition coefficient (Wildman–Crippen LogP) is 3.74. The number of amides is 1. The van der Waals surface area contributed by atoms with Crippen molar-refractivity contribution < 1.29 is 14.3 Å². The summed E-state index contributed by atoms with van der Waals surface area (Å²) in [7, 11) is 2.10. The van der Waals surface area contributed by atoms with Gasteiger partial charge in [0.1, 0.15) is 11.5 Å². The molecular formula is C24H32N2O3. The molecule has 156 valence electrons. The summed E-state index contributed by atoms with van der Waals surface area (Å²) in [6.07, 6.45) is 1.26. The molecule has 0 bridgehead atoms. The van der Waals surface area contributed by atoms with E-state index in [-0.39, 0.29) is 18.3 Å². The molecule has 5 heteroatoms. The van der Waals surface area contributed by atoms with Gasteiger partial charge in [0, 0.05) is 25.6 Å². The first-order valence-electron chi connectivity index (χ1n) is 10.1. The number of benzene rings is 2. The maximum absolute atomic E-state index is 12.2. The van der Waals surface area contributed by atoms with Gasteiger partial charge in [-0.3, -0.25) is 9.69 Å². The average Bonchev–Trinajstić information content (AvgIpc) is 2.70. The lowest BCUT2D eigenvalue weighted by Crippen LogP contribution is -2.30. The van der Waals surface area contributed by atoms with Crippen molar-refractivity contribution in [2.75, 3.05) is 13.7 Å². The van der Waals surface area contributed by atoms with Crippen LogP contribution in [0.2, 0.25) is 0 Å². The molecule has 0 aliphatic heterocycles. The Bertz CT molecular complexity index is 800. The van der Waals surface area contributed by atoms with Gasteiger partial charge >= 0.3 is 0 Å². The second kappa shape index (κ2) is 11.4. The van der Waals surface area contributed by atoms with E-state index in [0.717, 1.165) is 24.1 Å². The standard InChI is InChI=1S/C24H32N2O3/c1-18(2)26(4)16-22-8-6-5-7-21(22)15-25-24(28)17-29-23-13-11-20(12-14-23)10-9-19(3)27/h5-8,11-14,18H,9-10,15-17H2,1-4H3,(H,25,28). The fourth-order valence-corrected chi connectivity index (χ4v) is 2.80. The molecule has 2 aromatic carbocycles. The van der Waals surface area contributed by atoms with Crippen molar-refractivity contribution in [3.8, 4) is 5.75 Å². The largest absolute Gasteiger partial charge is 0.484 e. The highest BCUT2D eigenvalue weighted by molar-refractivity contribution is 5.77. The van der Waals surface area contributed by atoms with Crippen LogP contribution in [0.15, 0.2) is 48.5 Å². The number of nitrogens with one attached hydrogen (secondary N) is 1. The number of nitrogens with zero attached hydrogens (tertiary/aromatic N) is 1. The van der Waals surface area contributed by atoms with E-state index in [1.54, 1.807) is 6.92 Å². The molecule has 0 saturated heterocycles. The number of hydrogen-bond donors (Lipinski definition) is 1. The summed E-state index contributed by atoms with van der Waals surface area (Å²) in [6, 6.07) is 16.1. The van der Waals surface area contributed by atoms with Crippen molar-refractivity contribution >= 4 is 11.7 Å². The quantitative estimate of drug-likeness (QED) is 0.629. The summed E-state index contributed by atoms with van der Waals surface area (Å²) in [5.74, 6) is 0.669. The second-order valence-corrected chi connectivity index (χ2v) is 7.69. The van der Waals surface area contributed by atoms with E-state index in [9.17, 15) is 9.59 Å². The molecule has 2 aromatic rings. The maximum atomic E-state index is 12.2. The lowest BCUT2D eigenvalue weighted by Gasteiger charge is -2.22. The number of hydrogen-bond acceptors (Lipinski definition) is 4. The number of carbonyl (C=O) groups excluding carboxylic acids is 2. The third-order valence-corrected chi connectivity index (χ3v) is 4.95. The Hall–Kier alpha value is -2.66. The molecule has 0 unspecified atom stereocenters. The van der Waals surface area contributed by atoms with Crippen LogP contribution in [0.5, 0.6) is 5.75 Å². The topological polar surface area (TPSA) is 58.6 Å². The summed E-state index contributed by atoms with van der Waals surface area (Å²) in [4.78, 5) is 25.5. The van der Waals surface area contributed by atoms with Gasteiger partial charge in [0.2, 0.25) is 0 Å². The first kappa shape index (κ1) is 22.6. The number of ether oxygens (including phenoxy) is 1. The summed E-state index contributed by atoms with van der Waals surface area (Å²) in [6.45, 7) is 7.22. The fraction of sp³-hybridized carbons (Fsp3) is 0.417. The Balaban J connectivity index is 1.81. The van der Waals surface area contributed by atoms with Gasteiger partial charge in [0.15, 0.2) is 6.61 Å². The summed E-state index contributed by atoms with van der Waals surface area (Å²) in [5.41, 5.74) is 3.41. The molecule has 0 aliphatic rings. The van der Waals surface area contributed by atoms with E-state index in [1.807, 2.05) is 42.5 Å². The second-order valence-electron chi connectivity index (χ2n) is 7.69. The smallest absolute Gasteiger partial charge is 0.258 e. The predicted molar refractivity (Wildman–Crippen MR) is 116 cm³/mol. The highest BCUT2D eigenvalue weighted by atomic mass is 16.5. The third kappa shape index (κ3) is 8.08. The molecule has 0 aliphatic carbocycles. The Kier molecular flexibility index (Phi) is 8.87. The van der Waals surface area contributed by atoms with E-state index in [2.05, 4.69) is 37.2 Å². The molecule has 1 amide bonds. The highest BCUT2D eigenvalue weighted by Crippen LogP contribution is 2.14. The maximum Gasteiger partial charge on any atom is 0.258 e. The van der Waals surface area contributed by atoms with Crippen molar-refractivity contribution in [3.63, 3.8) is 0 Å². The molecule has 0 aromatic heterocycles. The molecule has 2 rings (SSSR count). The van der Waals surface area contributed by atoms with Crippen LogP contribution >= 0.6 is 0 Å². The van der Waals surface area contributed by atoms with Gasteiger partial charge in [0.25, 0.3) is 5.91 Å². The normalized spacial score (nSPS) is 11.0. The van der Waals surface area contributed by atoms with E-state index in [1.165, 1.54) is 5.56 Å². The van der Waals surface area contributed by atoms with E-state index in [4.69, 9.17) is 4.74 Å². The van der Waals surface area contributed by atoms with Crippen molar-refractivity contribution in [2.24, 2.45) is 0 Å². The Labute approximate surface area is 174 Å². The van der Waals surface area contributed by atoms with Crippen LogP contribution in [0.3, 0.4) is 0 Å². The van der Waals surface area contributed by atoms with Gasteiger partial charge in [-0.1, -0.05) is 36.4 Å². The molecule has 0 saturated carbocycles. The molecule has 0 fully saturated rings.